The van der Waals surface area contributed by atoms with E-state index in [-0.39, 0.29) is 17.7 Å². The van der Waals surface area contributed by atoms with Crippen LogP contribution >= 0.6 is 0 Å². The summed E-state index contributed by atoms with van der Waals surface area (Å²) in [5, 5.41) is 0. The van der Waals surface area contributed by atoms with Crippen molar-refractivity contribution in [1.29, 1.82) is 0 Å². The molecule has 1 aliphatic carbocycles. The highest BCUT2D eigenvalue weighted by Gasteiger charge is 2.46. The summed E-state index contributed by atoms with van der Waals surface area (Å²) >= 11 is 0. The van der Waals surface area contributed by atoms with Crippen LogP contribution in [0, 0.1) is 31.1 Å². The molecule has 3 atom stereocenters. The minimum Gasteiger partial charge on any atom is -0.369 e. The van der Waals surface area contributed by atoms with E-state index in [2.05, 4.69) is 34.1 Å². The standard InChI is InChI=1S/C31H41N3O2/c1-22-10-9-11-23(2)28(22)29(35)34-20-25-18-33(19-26(25)21-34)17-14-27(24-12-5-3-6-13-24)31(30(32)36)15-7-4-8-16-31/h3,5-6,9-13,25-27H,4,7-8,14-21H2,1-2H3,(H2,32,36)/t25?,26?,27-/m0/s1. The molecule has 0 spiro atoms. The molecular weight excluding hydrogens is 446 g/mol. The van der Waals surface area contributed by atoms with Gasteiger partial charge in [-0.1, -0.05) is 67.8 Å². The van der Waals surface area contributed by atoms with Gasteiger partial charge in [-0.2, -0.15) is 0 Å². The van der Waals surface area contributed by atoms with Gasteiger partial charge in [0.25, 0.3) is 5.91 Å². The molecule has 0 bridgehead atoms. The zero-order valence-electron chi connectivity index (χ0n) is 21.9. The largest absolute Gasteiger partial charge is 0.369 e. The smallest absolute Gasteiger partial charge is 0.254 e. The van der Waals surface area contributed by atoms with E-state index in [1.54, 1.807) is 0 Å². The highest BCUT2D eigenvalue weighted by Crippen LogP contribution is 2.49. The maximum absolute atomic E-state index is 13.3. The first-order valence-corrected chi connectivity index (χ1v) is 13.8. The van der Waals surface area contributed by atoms with Crippen molar-refractivity contribution in [3.63, 3.8) is 0 Å². The van der Waals surface area contributed by atoms with Gasteiger partial charge < -0.3 is 15.5 Å². The van der Waals surface area contributed by atoms with Crippen LogP contribution in [-0.2, 0) is 4.79 Å². The third kappa shape index (κ3) is 4.70. The zero-order chi connectivity index (χ0) is 25.3. The van der Waals surface area contributed by atoms with Crippen LogP contribution in [0.3, 0.4) is 0 Å². The van der Waals surface area contributed by atoms with Crippen molar-refractivity contribution in [3.05, 3.63) is 70.8 Å². The molecule has 1 saturated carbocycles. The molecule has 5 heteroatoms. The van der Waals surface area contributed by atoms with Crippen LogP contribution in [0.4, 0.5) is 0 Å². The number of amides is 2. The van der Waals surface area contributed by atoms with Crippen LogP contribution in [0.2, 0.25) is 0 Å². The van der Waals surface area contributed by atoms with Gasteiger partial charge in [-0.25, -0.2) is 0 Å². The Morgan fingerprint density at radius 3 is 2.08 bits per heavy atom. The Morgan fingerprint density at radius 2 is 1.50 bits per heavy atom. The van der Waals surface area contributed by atoms with Crippen LogP contribution in [0.25, 0.3) is 0 Å². The van der Waals surface area contributed by atoms with Crippen molar-refractivity contribution in [2.75, 3.05) is 32.7 Å². The predicted octanol–water partition coefficient (Wildman–Crippen LogP) is 4.92. The van der Waals surface area contributed by atoms with Gasteiger partial charge in [0.15, 0.2) is 0 Å². The monoisotopic (exact) mass is 487 g/mol. The van der Waals surface area contributed by atoms with Gasteiger partial charge >= 0.3 is 0 Å². The summed E-state index contributed by atoms with van der Waals surface area (Å²) < 4.78 is 0. The van der Waals surface area contributed by atoms with Crippen LogP contribution in [0.1, 0.15) is 71.5 Å². The third-order valence-corrected chi connectivity index (χ3v) is 9.38. The fourth-order valence-electron chi connectivity index (χ4n) is 7.46. The fraction of sp³-hybridized carbons (Fsp3) is 0.548. The molecule has 2 saturated heterocycles. The quantitative estimate of drug-likeness (QED) is 0.603. The minimum absolute atomic E-state index is 0.116. The molecule has 3 fully saturated rings. The maximum atomic E-state index is 13.3. The van der Waals surface area contributed by atoms with E-state index in [0.29, 0.717) is 11.8 Å². The van der Waals surface area contributed by atoms with E-state index in [0.717, 1.165) is 81.5 Å². The number of likely N-dealkylation sites (tertiary alicyclic amines) is 2. The molecule has 36 heavy (non-hydrogen) atoms. The number of hydrogen-bond acceptors (Lipinski definition) is 3. The van der Waals surface area contributed by atoms with Crippen LogP contribution in [0.5, 0.6) is 0 Å². The van der Waals surface area contributed by atoms with Crippen molar-refractivity contribution in [3.8, 4) is 0 Å². The molecule has 2 unspecified atom stereocenters. The van der Waals surface area contributed by atoms with E-state index >= 15 is 0 Å². The predicted molar refractivity (Wildman–Crippen MR) is 144 cm³/mol. The molecule has 0 aromatic heterocycles. The number of aryl methyl sites for hydroxylation is 2. The number of carbonyl (C=O) groups is 2. The molecule has 2 N–H and O–H groups in total. The van der Waals surface area contributed by atoms with Crippen LogP contribution in [-0.4, -0.2) is 54.3 Å². The topological polar surface area (TPSA) is 66.6 Å². The summed E-state index contributed by atoms with van der Waals surface area (Å²) in [4.78, 5) is 30.9. The minimum atomic E-state index is -0.427. The second kappa shape index (κ2) is 10.4. The van der Waals surface area contributed by atoms with Crippen molar-refractivity contribution < 1.29 is 9.59 Å². The van der Waals surface area contributed by atoms with Crippen molar-refractivity contribution in [2.24, 2.45) is 23.0 Å². The molecule has 5 rings (SSSR count). The van der Waals surface area contributed by atoms with E-state index in [9.17, 15) is 9.59 Å². The van der Waals surface area contributed by atoms with E-state index in [1.807, 2.05) is 38.1 Å². The molecule has 0 radical (unpaired) electrons. The second-order valence-electron chi connectivity index (χ2n) is 11.6. The molecule has 5 nitrogen and oxygen atoms in total. The highest BCUT2D eigenvalue weighted by atomic mass is 16.2. The van der Waals surface area contributed by atoms with E-state index in [4.69, 9.17) is 5.73 Å². The van der Waals surface area contributed by atoms with Gasteiger partial charge in [0.2, 0.25) is 5.91 Å². The number of primary amides is 1. The first-order valence-electron chi connectivity index (χ1n) is 13.8. The Morgan fingerprint density at radius 1 is 0.889 bits per heavy atom. The Hall–Kier alpha value is -2.66. The Labute approximate surface area is 216 Å². The highest BCUT2D eigenvalue weighted by molar-refractivity contribution is 5.97. The molecular formula is C31H41N3O2. The summed E-state index contributed by atoms with van der Waals surface area (Å²) in [6, 6.07) is 16.7. The summed E-state index contributed by atoms with van der Waals surface area (Å²) in [6.07, 6.45) is 6.14. The SMILES string of the molecule is Cc1cccc(C)c1C(=O)N1CC2CN(CC[C@@H](c3ccccc3)C3(C(N)=O)CCCCC3)CC2C1. The number of fused-ring (bicyclic) bond motifs is 1. The van der Waals surface area contributed by atoms with Crippen molar-refractivity contribution in [2.45, 2.75) is 58.3 Å². The number of nitrogens with zero attached hydrogens (tertiary/aromatic N) is 2. The molecule has 3 aliphatic rings. The van der Waals surface area contributed by atoms with Crippen molar-refractivity contribution in [1.82, 2.24) is 9.80 Å². The number of carbonyl (C=O) groups excluding carboxylic acids is 2. The Kier molecular flexibility index (Phi) is 7.21. The lowest BCUT2D eigenvalue weighted by Crippen LogP contribution is -2.44. The first-order chi connectivity index (χ1) is 17.4. The lowest BCUT2D eigenvalue weighted by Gasteiger charge is -2.42. The van der Waals surface area contributed by atoms with Gasteiger partial charge in [0.05, 0.1) is 5.41 Å². The molecule has 192 valence electrons. The molecule has 2 amide bonds. The number of hydrogen-bond donors (Lipinski definition) is 1. The summed E-state index contributed by atoms with van der Waals surface area (Å²) in [5.74, 6) is 1.31. The molecule has 2 heterocycles. The Bertz CT molecular complexity index is 1060. The molecule has 2 aromatic carbocycles. The van der Waals surface area contributed by atoms with Crippen LogP contribution in [0.15, 0.2) is 48.5 Å². The van der Waals surface area contributed by atoms with Crippen LogP contribution < -0.4 is 5.73 Å². The zero-order valence-corrected chi connectivity index (χ0v) is 21.9. The van der Waals surface area contributed by atoms with Gasteiger partial charge in [-0.3, -0.25) is 9.59 Å². The maximum Gasteiger partial charge on any atom is 0.254 e. The molecule has 2 aliphatic heterocycles. The van der Waals surface area contributed by atoms with Crippen molar-refractivity contribution >= 4 is 11.8 Å². The fourth-order valence-corrected chi connectivity index (χ4v) is 7.46. The average molecular weight is 488 g/mol. The third-order valence-electron chi connectivity index (χ3n) is 9.38. The lowest BCUT2D eigenvalue weighted by molar-refractivity contribution is -0.131. The summed E-state index contributed by atoms with van der Waals surface area (Å²) in [5.41, 5.74) is 9.96. The van der Waals surface area contributed by atoms with Gasteiger partial charge in [0.1, 0.15) is 0 Å². The summed E-state index contributed by atoms with van der Waals surface area (Å²) in [7, 11) is 0. The average Bonchev–Trinajstić information content (AvgIpc) is 3.44. The van der Waals surface area contributed by atoms with Gasteiger partial charge in [-0.05, 0) is 74.1 Å². The first kappa shape index (κ1) is 25.0. The normalized spacial score (nSPS) is 24.4. The number of nitrogens with two attached hydrogens (primary N) is 1. The van der Waals surface area contributed by atoms with E-state index < -0.39 is 5.41 Å². The van der Waals surface area contributed by atoms with E-state index in [1.165, 1.54) is 12.0 Å². The summed E-state index contributed by atoms with van der Waals surface area (Å²) in [6.45, 7) is 8.81. The lowest BCUT2D eigenvalue weighted by atomic mass is 9.62. The molecule has 2 aromatic rings. The van der Waals surface area contributed by atoms with Gasteiger partial charge in [0, 0.05) is 31.7 Å². The Balaban J connectivity index is 1.24. The number of benzene rings is 2. The van der Waals surface area contributed by atoms with Gasteiger partial charge in [-0.15, -0.1) is 0 Å². The number of rotatable bonds is 7. The second-order valence-corrected chi connectivity index (χ2v) is 11.6.